The van der Waals surface area contributed by atoms with E-state index in [1.165, 1.54) is 12.1 Å². The third-order valence-electron chi connectivity index (χ3n) is 4.12. The summed E-state index contributed by atoms with van der Waals surface area (Å²) in [4.78, 5) is 47.0. The maximum Gasteiger partial charge on any atom is 0.411 e. The van der Waals surface area contributed by atoms with Gasteiger partial charge < -0.3 is 19.2 Å². The van der Waals surface area contributed by atoms with E-state index in [0.29, 0.717) is 29.0 Å². The number of rotatable bonds is 9. The summed E-state index contributed by atoms with van der Waals surface area (Å²) in [6.45, 7) is 5.53. The summed E-state index contributed by atoms with van der Waals surface area (Å²) < 4.78 is 15.1. The van der Waals surface area contributed by atoms with Crippen LogP contribution in [-0.2, 0) is 25.7 Å². The molecule has 162 valence electrons. The summed E-state index contributed by atoms with van der Waals surface area (Å²) in [5.41, 5.74) is 0.444. The molecule has 2 rings (SSSR count). The standard InChI is InChI=1S/C21H26N2O7/c1-4-28-21(27)23-15-6-7-16-14(9-19(25)30-17(16)10-15)12-29-20(26)11-22-18(24)8-5-13(2)3/h6-7,9-10,13H,4-5,8,11-12H2,1-3H3,(H,22,24)(H,23,27). The van der Waals surface area contributed by atoms with Crippen LogP contribution in [-0.4, -0.2) is 31.1 Å². The SMILES string of the molecule is CCOC(=O)Nc1ccc2c(COC(=O)CNC(=O)CCC(C)C)cc(=O)oc2c1. The summed E-state index contributed by atoms with van der Waals surface area (Å²) in [5, 5.41) is 5.59. The van der Waals surface area contributed by atoms with Gasteiger partial charge >= 0.3 is 17.7 Å². The van der Waals surface area contributed by atoms with Crippen LogP contribution in [0.25, 0.3) is 11.0 Å². The maximum absolute atomic E-state index is 11.9. The second kappa shape index (κ2) is 11.0. The highest BCUT2D eigenvalue weighted by Crippen LogP contribution is 2.22. The van der Waals surface area contributed by atoms with E-state index in [9.17, 15) is 19.2 Å². The average Bonchev–Trinajstić information content (AvgIpc) is 2.68. The number of amides is 2. The second-order valence-corrected chi connectivity index (χ2v) is 7.02. The fourth-order valence-corrected chi connectivity index (χ4v) is 2.60. The number of carbonyl (C=O) groups excluding carboxylic acids is 3. The molecule has 30 heavy (non-hydrogen) atoms. The van der Waals surface area contributed by atoms with Crippen LogP contribution in [0, 0.1) is 5.92 Å². The first kappa shape index (κ1) is 22.9. The normalized spacial score (nSPS) is 10.7. The lowest BCUT2D eigenvalue weighted by atomic mass is 10.1. The van der Waals surface area contributed by atoms with E-state index < -0.39 is 17.7 Å². The van der Waals surface area contributed by atoms with E-state index in [2.05, 4.69) is 10.6 Å². The van der Waals surface area contributed by atoms with Crippen LogP contribution >= 0.6 is 0 Å². The Morgan fingerprint density at radius 1 is 1.13 bits per heavy atom. The van der Waals surface area contributed by atoms with Crippen LogP contribution in [0.1, 0.15) is 39.2 Å². The Bertz CT molecular complexity index is 965. The first-order chi connectivity index (χ1) is 14.3. The maximum atomic E-state index is 11.9. The molecular formula is C21H26N2O7. The zero-order chi connectivity index (χ0) is 22.1. The summed E-state index contributed by atoms with van der Waals surface area (Å²) in [5.74, 6) is -0.434. The molecular weight excluding hydrogens is 392 g/mol. The molecule has 2 aromatic rings. The van der Waals surface area contributed by atoms with E-state index in [1.807, 2.05) is 13.8 Å². The van der Waals surface area contributed by atoms with Gasteiger partial charge in [0.05, 0.1) is 6.61 Å². The molecule has 2 N–H and O–H groups in total. The van der Waals surface area contributed by atoms with Crippen molar-refractivity contribution in [2.24, 2.45) is 5.92 Å². The number of hydrogen-bond donors (Lipinski definition) is 2. The fourth-order valence-electron chi connectivity index (χ4n) is 2.60. The van der Waals surface area contributed by atoms with Crippen molar-refractivity contribution >= 4 is 34.6 Å². The van der Waals surface area contributed by atoms with E-state index in [4.69, 9.17) is 13.9 Å². The molecule has 0 saturated carbocycles. The fraction of sp³-hybridized carbons (Fsp3) is 0.429. The molecule has 0 bridgehead atoms. The molecule has 0 radical (unpaired) electrons. The summed E-state index contributed by atoms with van der Waals surface area (Å²) in [7, 11) is 0. The zero-order valence-electron chi connectivity index (χ0n) is 17.3. The van der Waals surface area contributed by atoms with Crippen molar-refractivity contribution in [3.63, 3.8) is 0 Å². The van der Waals surface area contributed by atoms with Gasteiger partial charge in [-0.05, 0) is 31.4 Å². The van der Waals surface area contributed by atoms with Gasteiger partial charge in [-0.25, -0.2) is 9.59 Å². The Hall–Kier alpha value is -3.36. The molecule has 1 heterocycles. The number of nitrogens with one attached hydrogen (secondary N) is 2. The topological polar surface area (TPSA) is 124 Å². The second-order valence-electron chi connectivity index (χ2n) is 7.02. The highest BCUT2D eigenvalue weighted by Gasteiger charge is 2.12. The predicted octanol–water partition coefficient (Wildman–Crippen LogP) is 2.96. The van der Waals surface area contributed by atoms with Crippen LogP contribution in [0.3, 0.4) is 0 Å². The van der Waals surface area contributed by atoms with Crippen molar-refractivity contribution in [2.45, 2.75) is 40.2 Å². The molecule has 0 spiro atoms. The minimum absolute atomic E-state index is 0.159. The van der Waals surface area contributed by atoms with Crippen molar-refractivity contribution in [2.75, 3.05) is 18.5 Å². The Balaban J connectivity index is 2.00. The lowest BCUT2D eigenvalue weighted by Gasteiger charge is -2.10. The number of esters is 1. The lowest BCUT2D eigenvalue weighted by Crippen LogP contribution is -2.30. The van der Waals surface area contributed by atoms with Gasteiger partial charge in [-0.15, -0.1) is 0 Å². The van der Waals surface area contributed by atoms with Crippen molar-refractivity contribution in [1.82, 2.24) is 5.32 Å². The quantitative estimate of drug-likeness (QED) is 0.474. The van der Waals surface area contributed by atoms with Crippen LogP contribution in [0.15, 0.2) is 33.5 Å². The van der Waals surface area contributed by atoms with Crippen molar-refractivity contribution in [3.05, 3.63) is 40.2 Å². The van der Waals surface area contributed by atoms with Crippen LogP contribution < -0.4 is 16.3 Å². The number of benzene rings is 1. The van der Waals surface area contributed by atoms with E-state index >= 15 is 0 Å². The first-order valence-corrected chi connectivity index (χ1v) is 9.71. The highest BCUT2D eigenvalue weighted by molar-refractivity contribution is 5.90. The van der Waals surface area contributed by atoms with Gasteiger partial charge in [0.2, 0.25) is 5.91 Å². The monoisotopic (exact) mass is 418 g/mol. The predicted molar refractivity (Wildman–Crippen MR) is 110 cm³/mol. The van der Waals surface area contributed by atoms with Gasteiger partial charge in [-0.3, -0.25) is 14.9 Å². The van der Waals surface area contributed by atoms with E-state index in [-0.39, 0.29) is 31.2 Å². The first-order valence-electron chi connectivity index (χ1n) is 9.71. The van der Waals surface area contributed by atoms with Crippen LogP contribution in [0.5, 0.6) is 0 Å². The molecule has 9 heteroatoms. The number of anilines is 1. The van der Waals surface area contributed by atoms with Gasteiger partial charge in [-0.2, -0.15) is 0 Å². The van der Waals surface area contributed by atoms with Gasteiger partial charge in [0.1, 0.15) is 18.7 Å². The Morgan fingerprint density at radius 3 is 2.60 bits per heavy atom. The number of carbonyl (C=O) groups is 3. The van der Waals surface area contributed by atoms with Gasteiger partial charge in [0, 0.05) is 35.2 Å². The third-order valence-corrected chi connectivity index (χ3v) is 4.12. The summed E-state index contributed by atoms with van der Waals surface area (Å²) in [6.07, 6.45) is 0.455. The summed E-state index contributed by atoms with van der Waals surface area (Å²) in [6, 6.07) is 5.96. The van der Waals surface area contributed by atoms with E-state index in [1.54, 1.807) is 19.1 Å². The van der Waals surface area contributed by atoms with Crippen LogP contribution in [0.2, 0.25) is 0 Å². The minimum atomic E-state index is -0.625. The Kier molecular flexibility index (Phi) is 8.40. The van der Waals surface area contributed by atoms with Crippen molar-refractivity contribution in [3.8, 4) is 0 Å². The third kappa shape index (κ3) is 7.23. The molecule has 0 unspecified atom stereocenters. The summed E-state index contributed by atoms with van der Waals surface area (Å²) >= 11 is 0. The molecule has 0 atom stereocenters. The van der Waals surface area contributed by atoms with Crippen molar-refractivity contribution in [1.29, 1.82) is 0 Å². The minimum Gasteiger partial charge on any atom is -0.459 e. The van der Waals surface area contributed by atoms with Crippen LogP contribution in [0.4, 0.5) is 10.5 Å². The average molecular weight is 418 g/mol. The molecule has 0 aliphatic carbocycles. The molecule has 1 aromatic carbocycles. The zero-order valence-corrected chi connectivity index (χ0v) is 17.3. The molecule has 0 fully saturated rings. The smallest absolute Gasteiger partial charge is 0.411 e. The number of hydrogen-bond acceptors (Lipinski definition) is 7. The Labute approximate surface area is 173 Å². The van der Waals surface area contributed by atoms with Gasteiger partial charge in [0.25, 0.3) is 0 Å². The molecule has 0 saturated heterocycles. The molecule has 0 aliphatic heterocycles. The Morgan fingerprint density at radius 2 is 1.90 bits per heavy atom. The number of ether oxygens (including phenoxy) is 2. The lowest BCUT2D eigenvalue weighted by molar-refractivity contribution is -0.145. The largest absolute Gasteiger partial charge is 0.459 e. The molecule has 2 amide bonds. The molecule has 0 aliphatic rings. The van der Waals surface area contributed by atoms with Crippen molar-refractivity contribution < 1.29 is 28.3 Å². The van der Waals surface area contributed by atoms with Gasteiger partial charge in [-0.1, -0.05) is 13.8 Å². The highest BCUT2D eigenvalue weighted by atomic mass is 16.5. The van der Waals surface area contributed by atoms with E-state index in [0.717, 1.165) is 6.42 Å². The number of fused-ring (bicyclic) bond motifs is 1. The molecule has 9 nitrogen and oxygen atoms in total. The van der Waals surface area contributed by atoms with Gasteiger partial charge in [0.15, 0.2) is 0 Å². The molecule has 1 aromatic heterocycles.